The van der Waals surface area contributed by atoms with Crippen LogP contribution in [0.3, 0.4) is 0 Å². The van der Waals surface area contributed by atoms with Gasteiger partial charge in [0.15, 0.2) is 0 Å². The molecule has 0 fully saturated rings. The number of nitrogens with zero attached hydrogens (tertiary/aromatic N) is 1. The van der Waals surface area contributed by atoms with E-state index in [2.05, 4.69) is 9.97 Å². The highest BCUT2D eigenvalue weighted by molar-refractivity contribution is 5.62. The lowest BCUT2D eigenvalue weighted by molar-refractivity contribution is 0.628. The van der Waals surface area contributed by atoms with Gasteiger partial charge in [-0.1, -0.05) is 0 Å². The molecule has 0 atom stereocenters. The number of hydrogen-bond donors (Lipinski definition) is 2. The van der Waals surface area contributed by atoms with Crippen LogP contribution in [-0.4, -0.2) is 16.5 Å². The third kappa shape index (κ3) is 2.12. The Kier molecular flexibility index (Phi) is 3.01. The van der Waals surface area contributed by atoms with E-state index in [4.69, 9.17) is 5.73 Å². The van der Waals surface area contributed by atoms with Crippen molar-refractivity contribution in [2.45, 2.75) is 13.3 Å². The van der Waals surface area contributed by atoms with Gasteiger partial charge in [-0.2, -0.15) is 0 Å². The van der Waals surface area contributed by atoms with Crippen LogP contribution in [0.1, 0.15) is 11.5 Å². The predicted octanol–water partition coefficient (Wildman–Crippen LogP) is 2.03. The standard InChI is InChI=1S/C12H14FN3/c1-8-15-11(6-7-14)12(16-8)9-2-4-10(13)5-3-9/h2-5H,6-7,14H2,1H3,(H,15,16). The number of nitrogens with one attached hydrogen (secondary N) is 1. The third-order valence-corrected chi connectivity index (χ3v) is 2.41. The molecule has 0 aliphatic carbocycles. The SMILES string of the molecule is Cc1nc(-c2ccc(F)cc2)c(CCN)[nH]1. The lowest BCUT2D eigenvalue weighted by Gasteiger charge is -2.01. The quantitative estimate of drug-likeness (QED) is 0.829. The smallest absolute Gasteiger partial charge is 0.123 e. The molecule has 3 N–H and O–H groups in total. The number of halogens is 1. The molecule has 2 rings (SSSR count). The second kappa shape index (κ2) is 4.45. The fourth-order valence-corrected chi connectivity index (χ4v) is 1.71. The fraction of sp³-hybridized carbons (Fsp3) is 0.250. The van der Waals surface area contributed by atoms with E-state index in [1.807, 2.05) is 6.92 Å². The molecule has 16 heavy (non-hydrogen) atoms. The molecule has 0 saturated carbocycles. The molecule has 0 spiro atoms. The summed E-state index contributed by atoms with van der Waals surface area (Å²) in [5.74, 6) is 0.610. The van der Waals surface area contributed by atoms with E-state index in [-0.39, 0.29) is 5.82 Å². The van der Waals surface area contributed by atoms with Gasteiger partial charge in [0.05, 0.1) is 5.69 Å². The summed E-state index contributed by atoms with van der Waals surface area (Å²) in [5.41, 5.74) is 8.31. The topological polar surface area (TPSA) is 54.7 Å². The zero-order chi connectivity index (χ0) is 11.5. The number of nitrogens with two attached hydrogens (primary N) is 1. The monoisotopic (exact) mass is 219 g/mol. The summed E-state index contributed by atoms with van der Waals surface area (Å²) < 4.78 is 12.8. The second-order valence-electron chi connectivity index (χ2n) is 3.69. The molecule has 0 radical (unpaired) electrons. The van der Waals surface area contributed by atoms with Crippen molar-refractivity contribution in [2.75, 3.05) is 6.54 Å². The van der Waals surface area contributed by atoms with Crippen LogP contribution >= 0.6 is 0 Å². The summed E-state index contributed by atoms with van der Waals surface area (Å²) in [6.45, 7) is 2.46. The minimum atomic E-state index is -0.239. The average Bonchev–Trinajstić information content (AvgIpc) is 2.61. The van der Waals surface area contributed by atoms with Crippen LogP contribution in [-0.2, 0) is 6.42 Å². The van der Waals surface area contributed by atoms with Crippen LogP contribution in [0.2, 0.25) is 0 Å². The van der Waals surface area contributed by atoms with Gasteiger partial charge in [-0.3, -0.25) is 0 Å². The molecular formula is C12H14FN3. The second-order valence-corrected chi connectivity index (χ2v) is 3.69. The number of rotatable bonds is 3. The van der Waals surface area contributed by atoms with Gasteiger partial charge in [0.2, 0.25) is 0 Å². The van der Waals surface area contributed by atoms with Crippen molar-refractivity contribution >= 4 is 0 Å². The average molecular weight is 219 g/mol. The number of imidazole rings is 1. The van der Waals surface area contributed by atoms with E-state index in [1.165, 1.54) is 12.1 Å². The summed E-state index contributed by atoms with van der Waals surface area (Å²) in [4.78, 5) is 7.57. The van der Waals surface area contributed by atoms with E-state index in [1.54, 1.807) is 12.1 Å². The Morgan fingerprint density at radius 2 is 2.00 bits per heavy atom. The summed E-state index contributed by atoms with van der Waals surface area (Å²) in [5, 5.41) is 0. The van der Waals surface area contributed by atoms with Gasteiger partial charge in [0.1, 0.15) is 11.6 Å². The fourth-order valence-electron chi connectivity index (χ4n) is 1.71. The third-order valence-electron chi connectivity index (χ3n) is 2.41. The van der Waals surface area contributed by atoms with Gasteiger partial charge in [0, 0.05) is 17.7 Å². The first kappa shape index (κ1) is 10.8. The number of aryl methyl sites for hydroxylation is 1. The first-order valence-corrected chi connectivity index (χ1v) is 5.22. The van der Waals surface area contributed by atoms with E-state index in [9.17, 15) is 4.39 Å². The van der Waals surface area contributed by atoms with Crippen molar-refractivity contribution in [2.24, 2.45) is 5.73 Å². The number of H-pyrrole nitrogens is 1. The molecule has 0 bridgehead atoms. The predicted molar refractivity (Wildman–Crippen MR) is 61.5 cm³/mol. The molecule has 1 aromatic heterocycles. The molecule has 0 unspecified atom stereocenters. The molecule has 0 amide bonds. The van der Waals surface area contributed by atoms with Crippen LogP contribution in [0.4, 0.5) is 4.39 Å². The minimum absolute atomic E-state index is 0.239. The minimum Gasteiger partial charge on any atom is -0.346 e. The number of aromatic nitrogens is 2. The van der Waals surface area contributed by atoms with Crippen molar-refractivity contribution in [1.29, 1.82) is 0 Å². The largest absolute Gasteiger partial charge is 0.346 e. The van der Waals surface area contributed by atoms with Gasteiger partial charge in [0.25, 0.3) is 0 Å². The van der Waals surface area contributed by atoms with E-state index >= 15 is 0 Å². The Bertz CT molecular complexity index is 474. The molecular weight excluding hydrogens is 205 g/mol. The molecule has 4 heteroatoms. The molecule has 2 aromatic rings. The molecule has 0 aliphatic rings. The Hall–Kier alpha value is -1.68. The molecule has 84 valence electrons. The van der Waals surface area contributed by atoms with E-state index in [0.29, 0.717) is 6.54 Å². The maximum Gasteiger partial charge on any atom is 0.123 e. The summed E-state index contributed by atoms with van der Waals surface area (Å²) >= 11 is 0. The molecule has 1 aromatic carbocycles. The van der Waals surface area contributed by atoms with Crippen molar-refractivity contribution in [3.63, 3.8) is 0 Å². The van der Waals surface area contributed by atoms with Crippen LogP contribution in [0.25, 0.3) is 11.3 Å². The summed E-state index contributed by atoms with van der Waals surface area (Å²) in [7, 11) is 0. The van der Waals surface area contributed by atoms with Crippen molar-refractivity contribution in [1.82, 2.24) is 9.97 Å². The lowest BCUT2D eigenvalue weighted by Crippen LogP contribution is -2.04. The highest BCUT2D eigenvalue weighted by Gasteiger charge is 2.09. The van der Waals surface area contributed by atoms with Crippen molar-refractivity contribution in [3.8, 4) is 11.3 Å². The van der Waals surface area contributed by atoms with Crippen molar-refractivity contribution in [3.05, 3.63) is 41.6 Å². The van der Waals surface area contributed by atoms with Gasteiger partial charge in [-0.25, -0.2) is 9.37 Å². The Morgan fingerprint density at radius 3 is 2.62 bits per heavy atom. The van der Waals surface area contributed by atoms with Crippen molar-refractivity contribution < 1.29 is 4.39 Å². The Labute approximate surface area is 93.5 Å². The first-order chi connectivity index (χ1) is 7.70. The number of benzene rings is 1. The summed E-state index contributed by atoms with van der Waals surface area (Å²) in [6, 6.07) is 6.33. The van der Waals surface area contributed by atoms with E-state index < -0.39 is 0 Å². The normalized spacial score (nSPS) is 10.7. The molecule has 0 aliphatic heterocycles. The maximum atomic E-state index is 12.8. The highest BCUT2D eigenvalue weighted by Crippen LogP contribution is 2.22. The Balaban J connectivity index is 2.42. The van der Waals surface area contributed by atoms with Crippen LogP contribution < -0.4 is 5.73 Å². The molecule has 3 nitrogen and oxygen atoms in total. The molecule has 0 saturated heterocycles. The van der Waals surface area contributed by atoms with Gasteiger partial charge >= 0.3 is 0 Å². The Morgan fingerprint density at radius 1 is 1.31 bits per heavy atom. The van der Waals surface area contributed by atoms with Gasteiger partial charge in [-0.15, -0.1) is 0 Å². The van der Waals surface area contributed by atoms with Crippen LogP contribution in [0, 0.1) is 12.7 Å². The highest BCUT2D eigenvalue weighted by atomic mass is 19.1. The van der Waals surface area contributed by atoms with Gasteiger partial charge < -0.3 is 10.7 Å². The molecule has 1 heterocycles. The lowest BCUT2D eigenvalue weighted by atomic mass is 10.1. The number of aromatic amines is 1. The maximum absolute atomic E-state index is 12.8. The number of hydrogen-bond acceptors (Lipinski definition) is 2. The zero-order valence-corrected chi connectivity index (χ0v) is 9.13. The summed E-state index contributed by atoms with van der Waals surface area (Å²) in [6.07, 6.45) is 0.744. The van der Waals surface area contributed by atoms with E-state index in [0.717, 1.165) is 29.2 Å². The van der Waals surface area contributed by atoms with Gasteiger partial charge in [-0.05, 0) is 37.7 Å². The first-order valence-electron chi connectivity index (χ1n) is 5.22. The zero-order valence-electron chi connectivity index (χ0n) is 9.13. The van der Waals surface area contributed by atoms with Crippen LogP contribution in [0.5, 0.6) is 0 Å². The van der Waals surface area contributed by atoms with Crippen LogP contribution in [0.15, 0.2) is 24.3 Å².